The first-order valence-corrected chi connectivity index (χ1v) is 4.36. The van der Waals surface area contributed by atoms with E-state index in [-0.39, 0.29) is 6.42 Å². The first-order chi connectivity index (χ1) is 7.38. The molecule has 2 nitrogen and oxygen atoms in total. The van der Waals surface area contributed by atoms with Crippen molar-refractivity contribution in [3.8, 4) is 6.07 Å². The molecule has 6 heteroatoms. The zero-order chi connectivity index (χ0) is 12.3. The molecule has 0 aromatic heterocycles. The van der Waals surface area contributed by atoms with Gasteiger partial charge in [0.15, 0.2) is 0 Å². The van der Waals surface area contributed by atoms with Gasteiger partial charge in [0.05, 0.1) is 18.1 Å². The van der Waals surface area contributed by atoms with Crippen LogP contribution in [0, 0.1) is 17.1 Å². The molecule has 0 unspecified atom stereocenters. The summed E-state index contributed by atoms with van der Waals surface area (Å²) in [6, 6.07) is 2.93. The lowest BCUT2D eigenvalue weighted by atomic mass is 9.98. The molecule has 0 fully saturated rings. The van der Waals surface area contributed by atoms with Crippen LogP contribution in [0.4, 0.5) is 17.6 Å². The average Bonchev–Trinajstić information content (AvgIpc) is 2.16. The third-order valence-corrected chi connectivity index (χ3v) is 2.04. The Labute approximate surface area is 89.3 Å². The van der Waals surface area contributed by atoms with Gasteiger partial charge < -0.3 is 5.73 Å². The van der Waals surface area contributed by atoms with Crippen LogP contribution in [0.25, 0.3) is 0 Å². The van der Waals surface area contributed by atoms with Gasteiger partial charge in [-0.3, -0.25) is 0 Å². The van der Waals surface area contributed by atoms with E-state index in [1.54, 1.807) is 6.07 Å². The lowest BCUT2D eigenvalue weighted by Gasteiger charge is -2.16. The summed E-state index contributed by atoms with van der Waals surface area (Å²) >= 11 is 0. The highest BCUT2D eigenvalue weighted by Crippen LogP contribution is 2.35. The van der Waals surface area contributed by atoms with Gasteiger partial charge in [0.25, 0.3) is 0 Å². The molecule has 0 saturated carbocycles. The number of benzene rings is 1. The topological polar surface area (TPSA) is 49.8 Å². The van der Waals surface area contributed by atoms with Crippen LogP contribution < -0.4 is 5.73 Å². The number of nitrogens with two attached hydrogens (primary N) is 1. The van der Waals surface area contributed by atoms with E-state index in [0.717, 1.165) is 18.2 Å². The largest absolute Gasteiger partial charge is 0.416 e. The minimum absolute atomic E-state index is 0.371. The van der Waals surface area contributed by atoms with Crippen molar-refractivity contribution in [1.29, 1.82) is 5.26 Å². The summed E-state index contributed by atoms with van der Waals surface area (Å²) in [7, 11) is 0. The van der Waals surface area contributed by atoms with Gasteiger partial charge in [-0.25, -0.2) is 4.39 Å². The third-order valence-electron chi connectivity index (χ3n) is 2.04. The molecule has 1 rings (SSSR count). The highest BCUT2D eigenvalue weighted by molar-refractivity contribution is 5.34. The van der Waals surface area contributed by atoms with E-state index < -0.39 is 29.2 Å². The van der Waals surface area contributed by atoms with Crippen molar-refractivity contribution in [2.45, 2.75) is 18.6 Å². The molecule has 0 aliphatic heterocycles. The number of hydrogen-bond donors (Lipinski definition) is 1. The van der Waals surface area contributed by atoms with E-state index in [1.165, 1.54) is 0 Å². The second-order valence-electron chi connectivity index (χ2n) is 3.17. The summed E-state index contributed by atoms with van der Waals surface area (Å²) in [6.45, 7) is 0. The van der Waals surface area contributed by atoms with Gasteiger partial charge in [-0.15, -0.1) is 0 Å². The molecule has 2 N–H and O–H groups in total. The molecule has 0 heterocycles. The minimum Gasteiger partial charge on any atom is -0.323 e. The lowest BCUT2D eigenvalue weighted by Crippen LogP contribution is -2.19. The number of alkyl halides is 3. The summed E-state index contributed by atoms with van der Waals surface area (Å²) in [5.74, 6) is -1.04. The maximum absolute atomic E-state index is 13.3. The number of halogens is 4. The smallest absolute Gasteiger partial charge is 0.323 e. The molecule has 0 amide bonds. The molecule has 16 heavy (non-hydrogen) atoms. The molecule has 0 aliphatic rings. The van der Waals surface area contributed by atoms with Crippen LogP contribution in [0.5, 0.6) is 0 Å². The molecule has 0 bridgehead atoms. The van der Waals surface area contributed by atoms with Gasteiger partial charge in [-0.2, -0.15) is 18.4 Å². The van der Waals surface area contributed by atoms with Crippen molar-refractivity contribution in [3.63, 3.8) is 0 Å². The van der Waals surface area contributed by atoms with Crippen molar-refractivity contribution >= 4 is 0 Å². The average molecular weight is 232 g/mol. The van der Waals surface area contributed by atoms with Gasteiger partial charge in [0, 0.05) is 11.6 Å². The van der Waals surface area contributed by atoms with Crippen LogP contribution in [-0.2, 0) is 6.18 Å². The Morgan fingerprint density at radius 2 is 2.00 bits per heavy atom. The van der Waals surface area contributed by atoms with E-state index in [9.17, 15) is 17.6 Å². The summed E-state index contributed by atoms with van der Waals surface area (Å²) in [4.78, 5) is 0. The van der Waals surface area contributed by atoms with E-state index in [4.69, 9.17) is 11.0 Å². The van der Waals surface area contributed by atoms with Gasteiger partial charge in [0.2, 0.25) is 0 Å². The Bertz CT molecular complexity index is 420. The van der Waals surface area contributed by atoms with E-state index in [2.05, 4.69) is 0 Å². The maximum atomic E-state index is 13.3. The Morgan fingerprint density at radius 1 is 1.38 bits per heavy atom. The Balaban J connectivity index is 3.30. The fourth-order valence-electron chi connectivity index (χ4n) is 1.36. The molecule has 0 radical (unpaired) electrons. The third kappa shape index (κ3) is 2.49. The molecule has 0 aliphatic carbocycles. The Morgan fingerprint density at radius 3 is 2.50 bits per heavy atom. The molecule has 0 saturated heterocycles. The first kappa shape index (κ1) is 12.5. The van der Waals surface area contributed by atoms with Gasteiger partial charge in [-0.05, 0) is 12.1 Å². The fourth-order valence-corrected chi connectivity index (χ4v) is 1.36. The number of nitriles is 1. The lowest BCUT2D eigenvalue weighted by molar-refractivity contribution is -0.138. The van der Waals surface area contributed by atoms with Crippen molar-refractivity contribution in [2.75, 3.05) is 0 Å². The zero-order valence-corrected chi connectivity index (χ0v) is 8.05. The molecule has 1 aromatic rings. The summed E-state index contributed by atoms with van der Waals surface area (Å²) < 4.78 is 50.8. The number of hydrogen-bond acceptors (Lipinski definition) is 2. The standard InChI is InChI=1S/C10H8F4N2/c11-7-3-1-2-6(10(12,13)14)9(7)8(16)4-5-15/h1-3,8H,4,16H2/t8-/m1/s1. The second-order valence-corrected chi connectivity index (χ2v) is 3.17. The predicted molar refractivity (Wildman–Crippen MR) is 48.6 cm³/mol. The van der Waals surface area contributed by atoms with E-state index >= 15 is 0 Å². The van der Waals surface area contributed by atoms with Gasteiger partial charge in [0.1, 0.15) is 5.82 Å². The predicted octanol–water partition coefficient (Wildman–Crippen LogP) is 2.76. The summed E-state index contributed by atoms with van der Waals surface area (Å²) in [5, 5.41) is 8.35. The molecule has 0 spiro atoms. The first-order valence-electron chi connectivity index (χ1n) is 4.36. The molecular formula is C10H8F4N2. The normalized spacial score (nSPS) is 13.2. The fraction of sp³-hybridized carbons (Fsp3) is 0.300. The van der Waals surface area contributed by atoms with Crippen LogP contribution in [0.1, 0.15) is 23.6 Å². The van der Waals surface area contributed by atoms with E-state index in [0.29, 0.717) is 0 Å². The quantitative estimate of drug-likeness (QED) is 0.797. The molecular weight excluding hydrogens is 224 g/mol. The summed E-state index contributed by atoms with van der Waals surface area (Å²) in [6.07, 6.45) is -5.05. The van der Waals surface area contributed by atoms with Crippen LogP contribution >= 0.6 is 0 Å². The molecule has 1 atom stereocenters. The number of rotatable bonds is 2. The van der Waals surface area contributed by atoms with Gasteiger partial charge in [-0.1, -0.05) is 6.07 Å². The van der Waals surface area contributed by atoms with Crippen molar-refractivity contribution in [1.82, 2.24) is 0 Å². The van der Waals surface area contributed by atoms with Crippen LogP contribution in [-0.4, -0.2) is 0 Å². The van der Waals surface area contributed by atoms with Crippen molar-refractivity contribution in [2.24, 2.45) is 5.73 Å². The van der Waals surface area contributed by atoms with Crippen LogP contribution in [0.2, 0.25) is 0 Å². The Hall–Kier alpha value is -1.61. The second kappa shape index (κ2) is 4.49. The SMILES string of the molecule is N#CC[C@@H](N)c1c(F)cccc1C(F)(F)F. The minimum atomic E-state index is -4.68. The maximum Gasteiger partial charge on any atom is 0.416 e. The summed E-state index contributed by atoms with van der Waals surface area (Å²) in [5.41, 5.74) is 3.56. The van der Waals surface area contributed by atoms with E-state index in [1.807, 2.05) is 0 Å². The molecule has 86 valence electrons. The van der Waals surface area contributed by atoms with Crippen LogP contribution in [0.15, 0.2) is 18.2 Å². The van der Waals surface area contributed by atoms with Gasteiger partial charge >= 0.3 is 6.18 Å². The van der Waals surface area contributed by atoms with Crippen molar-refractivity contribution < 1.29 is 17.6 Å². The highest BCUT2D eigenvalue weighted by atomic mass is 19.4. The highest BCUT2D eigenvalue weighted by Gasteiger charge is 2.35. The monoisotopic (exact) mass is 232 g/mol. The molecule has 1 aromatic carbocycles. The van der Waals surface area contributed by atoms with Crippen LogP contribution in [0.3, 0.4) is 0 Å². The van der Waals surface area contributed by atoms with Crippen molar-refractivity contribution in [3.05, 3.63) is 35.1 Å². The Kier molecular flexibility index (Phi) is 3.50. The number of nitrogens with zero attached hydrogens (tertiary/aromatic N) is 1. The zero-order valence-electron chi connectivity index (χ0n) is 8.05.